The molecule has 0 aromatic heterocycles. The summed E-state index contributed by atoms with van der Waals surface area (Å²) in [6.07, 6.45) is 4.21. The van der Waals surface area contributed by atoms with Crippen LogP contribution in [0.25, 0.3) is 0 Å². The monoisotopic (exact) mass is 248 g/mol. The molecule has 0 heterocycles. The molecule has 3 heteroatoms. The van der Waals surface area contributed by atoms with Crippen molar-refractivity contribution in [1.82, 2.24) is 0 Å². The summed E-state index contributed by atoms with van der Waals surface area (Å²) in [6.45, 7) is 0. The van der Waals surface area contributed by atoms with E-state index in [0.29, 0.717) is 11.5 Å². The van der Waals surface area contributed by atoms with Crippen molar-refractivity contribution in [3.8, 4) is 5.75 Å². The van der Waals surface area contributed by atoms with Crippen molar-refractivity contribution in [1.29, 1.82) is 0 Å². The van der Waals surface area contributed by atoms with Crippen molar-refractivity contribution in [3.63, 3.8) is 0 Å². The summed E-state index contributed by atoms with van der Waals surface area (Å²) >= 11 is 0. The maximum Gasteiger partial charge on any atom is 0.165 e. The first-order chi connectivity index (χ1) is 8.70. The van der Waals surface area contributed by atoms with Crippen molar-refractivity contribution >= 4 is 5.78 Å². The molecule has 1 fully saturated rings. The van der Waals surface area contributed by atoms with Crippen LogP contribution in [0.1, 0.15) is 42.5 Å². The van der Waals surface area contributed by atoms with Gasteiger partial charge >= 0.3 is 0 Å². The number of Topliss-reactive ketones (excluding diaryl/α,β-unsaturated/α-hetero) is 1. The Labute approximate surface area is 108 Å². The number of methoxy groups -OCH3 is 1. The molecule has 98 valence electrons. The van der Waals surface area contributed by atoms with Gasteiger partial charge < -0.3 is 9.84 Å². The van der Waals surface area contributed by atoms with E-state index in [1.807, 2.05) is 0 Å². The minimum atomic E-state index is -0.484. The fraction of sp³-hybridized carbons (Fsp3) is 0.533. The number of hydrogen-bond acceptors (Lipinski definition) is 3. The third-order valence-electron chi connectivity index (χ3n) is 3.75. The van der Waals surface area contributed by atoms with E-state index in [9.17, 15) is 9.90 Å². The highest BCUT2D eigenvalue weighted by molar-refractivity contribution is 5.96. The number of carbonyl (C=O) groups is 1. The normalized spacial score (nSPS) is 17.7. The number of rotatable bonds is 5. The number of aliphatic hydroxyl groups is 1. The quantitative estimate of drug-likeness (QED) is 0.815. The predicted molar refractivity (Wildman–Crippen MR) is 69.9 cm³/mol. The van der Waals surface area contributed by atoms with Gasteiger partial charge in [-0.3, -0.25) is 4.79 Å². The third-order valence-corrected chi connectivity index (χ3v) is 3.75. The molecule has 1 aliphatic rings. The largest absolute Gasteiger partial charge is 0.497 e. The van der Waals surface area contributed by atoms with Gasteiger partial charge in [-0.25, -0.2) is 0 Å². The van der Waals surface area contributed by atoms with Crippen molar-refractivity contribution < 1.29 is 14.6 Å². The van der Waals surface area contributed by atoms with Gasteiger partial charge in [-0.2, -0.15) is 0 Å². The van der Waals surface area contributed by atoms with Gasteiger partial charge in [0.15, 0.2) is 5.78 Å². The topological polar surface area (TPSA) is 46.5 Å². The first-order valence-electron chi connectivity index (χ1n) is 6.56. The first kappa shape index (κ1) is 13.1. The molecule has 18 heavy (non-hydrogen) atoms. The first-order valence-corrected chi connectivity index (χ1v) is 6.56. The molecule has 1 N–H and O–H groups in total. The zero-order chi connectivity index (χ0) is 13.0. The van der Waals surface area contributed by atoms with E-state index in [-0.39, 0.29) is 12.2 Å². The van der Waals surface area contributed by atoms with Crippen LogP contribution in [0.4, 0.5) is 0 Å². The molecule has 1 aliphatic carbocycles. The van der Waals surface area contributed by atoms with Gasteiger partial charge in [-0.05, 0) is 43.0 Å². The summed E-state index contributed by atoms with van der Waals surface area (Å²) in [5, 5.41) is 10.0. The molecule has 0 spiro atoms. The van der Waals surface area contributed by atoms with Gasteiger partial charge in [0.05, 0.1) is 13.2 Å². The molecule has 1 aromatic rings. The lowest BCUT2D eigenvalue weighted by molar-refractivity contribution is 0.0746. The highest BCUT2D eigenvalue weighted by atomic mass is 16.5. The Kier molecular flexibility index (Phi) is 4.37. The third kappa shape index (κ3) is 3.10. The SMILES string of the molecule is COc1ccc(C(=O)CC(O)C2CCCC2)cc1. The summed E-state index contributed by atoms with van der Waals surface area (Å²) < 4.78 is 5.05. The van der Waals surface area contributed by atoms with Gasteiger partial charge in [-0.15, -0.1) is 0 Å². The number of ether oxygens (including phenoxy) is 1. The Morgan fingerprint density at radius 1 is 1.33 bits per heavy atom. The summed E-state index contributed by atoms with van der Waals surface area (Å²) in [7, 11) is 1.60. The van der Waals surface area contributed by atoms with Crippen LogP contribution in [0.3, 0.4) is 0 Å². The van der Waals surface area contributed by atoms with Gasteiger partial charge in [0.25, 0.3) is 0 Å². The summed E-state index contributed by atoms with van der Waals surface area (Å²) in [5.41, 5.74) is 0.646. The van der Waals surface area contributed by atoms with E-state index >= 15 is 0 Å². The number of carbonyl (C=O) groups excluding carboxylic acids is 1. The zero-order valence-electron chi connectivity index (χ0n) is 10.8. The summed E-state index contributed by atoms with van der Waals surface area (Å²) in [6, 6.07) is 7.05. The van der Waals surface area contributed by atoms with Crippen LogP contribution in [0.15, 0.2) is 24.3 Å². The average Bonchev–Trinajstić information content (AvgIpc) is 2.92. The molecule has 1 aromatic carbocycles. The van der Waals surface area contributed by atoms with Crippen LogP contribution < -0.4 is 4.74 Å². The maximum absolute atomic E-state index is 12.0. The lowest BCUT2D eigenvalue weighted by atomic mass is 9.94. The zero-order valence-corrected chi connectivity index (χ0v) is 10.8. The van der Waals surface area contributed by atoms with Crippen molar-refractivity contribution in [2.45, 2.75) is 38.2 Å². The molecule has 2 rings (SSSR count). The van der Waals surface area contributed by atoms with E-state index in [1.54, 1.807) is 31.4 Å². The lowest BCUT2D eigenvalue weighted by Gasteiger charge is -2.16. The fourth-order valence-electron chi connectivity index (χ4n) is 2.59. The molecular weight excluding hydrogens is 228 g/mol. The van der Waals surface area contributed by atoms with Crippen molar-refractivity contribution in [3.05, 3.63) is 29.8 Å². The lowest BCUT2D eigenvalue weighted by Crippen LogP contribution is -2.21. The Morgan fingerprint density at radius 3 is 2.50 bits per heavy atom. The molecule has 3 nitrogen and oxygen atoms in total. The Bertz CT molecular complexity index is 391. The number of benzene rings is 1. The van der Waals surface area contributed by atoms with Crippen LogP contribution >= 0.6 is 0 Å². The van der Waals surface area contributed by atoms with Gasteiger partial charge in [-0.1, -0.05) is 12.8 Å². The Balaban J connectivity index is 1.93. The van der Waals surface area contributed by atoms with Crippen LogP contribution in [0.2, 0.25) is 0 Å². The number of hydrogen-bond donors (Lipinski definition) is 1. The van der Waals surface area contributed by atoms with Gasteiger partial charge in [0.2, 0.25) is 0 Å². The van der Waals surface area contributed by atoms with Crippen LogP contribution in [-0.2, 0) is 0 Å². The molecule has 0 bridgehead atoms. The molecule has 0 saturated heterocycles. The average molecular weight is 248 g/mol. The fourth-order valence-corrected chi connectivity index (χ4v) is 2.59. The maximum atomic E-state index is 12.0. The van der Waals surface area contributed by atoms with Crippen molar-refractivity contribution in [2.24, 2.45) is 5.92 Å². The van der Waals surface area contributed by atoms with Crippen LogP contribution in [-0.4, -0.2) is 24.1 Å². The standard InChI is InChI=1S/C15H20O3/c1-18-13-8-6-12(7-9-13)15(17)10-14(16)11-4-2-3-5-11/h6-9,11,14,16H,2-5,10H2,1H3. The van der Waals surface area contributed by atoms with Crippen molar-refractivity contribution in [2.75, 3.05) is 7.11 Å². The number of ketones is 1. The Morgan fingerprint density at radius 2 is 1.94 bits per heavy atom. The van der Waals surface area contributed by atoms with E-state index in [0.717, 1.165) is 18.6 Å². The van der Waals surface area contributed by atoms with Gasteiger partial charge in [0.1, 0.15) is 5.75 Å². The summed E-state index contributed by atoms with van der Waals surface area (Å²) in [5.74, 6) is 1.06. The smallest absolute Gasteiger partial charge is 0.165 e. The summed E-state index contributed by atoms with van der Waals surface area (Å²) in [4.78, 5) is 12.0. The molecule has 1 saturated carbocycles. The minimum Gasteiger partial charge on any atom is -0.497 e. The molecule has 0 amide bonds. The van der Waals surface area contributed by atoms with E-state index in [2.05, 4.69) is 0 Å². The molecule has 0 radical (unpaired) electrons. The van der Waals surface area contributed by atoms with E-state index in [1.165, 1.54) is 12.8 Å². The number of aliphatic hydroxyl groups excluding tert-OH is 1. The molecule has 1 atom stereocenters. The second-order valence-corrected chi connectivity index (χ2v) is 4.97. The predicted octanol–water partition coefficient (Wildman–Crippen LogP) is 2.82. The van der Waals surface area contributed by atoms with Crippen LogP contribution in [0, 0.1) is 5.92 Å². The highest BCUT2D eigenvalue weighted by Gasteiger charge is 2.25. The van der Waals surface area contributed by atoms with Crippen LogP contribution in [0.5, 0.6) is 5.75 Å². The Hall–Kier alpha value is -1.35. The molecule has 0 aliphatic heterocycles. The van der Waals surface area contributed by atoms with E-state index in [4.69, 9.17) is 4.74 Å². The minimum absolute atomic E-state index is 0.0112. The van der Waals surface area contributed by atoms with Gasteiger partial charge in [0, 0.05) is 12.0 Å². The second kappa shape index (κ2) is 6.01. The second-order valence-electron chi connectivity index (χ2n) is 4.97. The highest BCUT2D eigenvalue weighted by Crippen LogP contribution is 2.29. The molecule has 1 unspecified atom stereocenters. The van der Waals surface area contributed by atoms with E-state index < -0.39 is 6.10 Å². The molecular formula is C15H20O3.